The molecule has 0 saturated carbocycles. The van der Waals surface area contributed by atoms with Crippen LogP contribution in [-0.4, -0.2) is 53.4 Å². The average Bonchev–Trinajstić information content (AvgIpc) is 3.22. The molecule has 0 bridgehead atoms. The van der Waals surface area contributed by atoms with Crippen LogP contribution >= 0.6 is 10.6 Å². The molecule has 0 aliphatic carbocycles. The number of aromatic amines is 1. The molecule has 1 aromatic heterocycles. The molecule has 2 aromatic carbocycles. The van der Waals surface area contributed by atoms with E-state index in [-0.39, 0.29) is 30.7 Å². The number of hydrogen-bond acceptors (Lipinski definition) is 7. The third-order valence-corrected chi connectivity index (χ3v) is 7.93. The van der Waals surface area contributed by atoms with E-state index in [0.717, 1.165) is 28.7 Å². The zero-order valence-corrected chi connectivity index (χ0v) is 20.0. The zero-order valence-electron chi connectivity index (χ0n) is 19.1. The number of aromatic nitrogens is 2. The van der Waals surface area contributed by atoms with Crippen LogP contribution in [0.4, 0.5) is 0 Å². The van der Waals surface area contributed by atoms with E-state index in [1.807, 2.05) is 48.5 Å². The van der Waals surface area contributed by atoms with Crippen LogP contribution in [0.3, 0.4) is 0 Å². The first kappa shape index (κ1) is 25.0. The van der Waals surface area contributed by atoms with E-state index in [1.165, 1.54) is 6.33 Å². The lowest BCUT2D eigenvalue weighted by molar-refractivity contribution is 0.263. The summed E-state index contributed by atoms with van der Waals surface area (Å²) in [5, 5.41) is 23.1. The van der Waals surface area contributed by atoms with Gasteiger partial charge in [0.2, 0.25) is 5.75 Å². The van der Waals surface area contributed by atoms with Crippen LogP contribution in [0.2, 0.25) is 0 Å². The molecule has 1 fully saturated rings. The van der Waals surface area contributed by atoms with Crippen molar-refractivity contribution in [3.63, 3.8) is 0 Å². The highest BCUT2D eigenvalue weighted by molar-refractivity contribution is 8.24. The highest BCUT2D eigenvalue weighted by Gasteiger charge is 2.27. The Hall–Kier alpha value is -3.13. The Kier molecular flexibility index (Phi) is 7.90. The number of aliphatic hydroxyl groups is 1. The third-order valence-electron chi connectivity index (χ3n) is 6.11. The first-order valence-electron chi connectivity index (χ1n) is 11.4. The van der Waals surface area contributed by atoms with E-state index in [9.17, 15) is 24.1 Å². The largest absolute Gasteiger partial charge is 0.502 e. The fraction of sp³-hybridized carbons (Fsp3) is 0.308. The number of nitrogens with one attached hydrogen (secondary N) is 2. The average molecular weight is 496 g/mol. The number of nitrogens with zero attached hydrogens (tertiary/aromatic N) is 1. The van der Waals surface area contributed by atoms with Gasteiger partial charge in [-0.15, -0.1) is 0 Å². The predicted octanol–water partition coefficient (Wildman–Crippen LogP) is 2.81. The highest BCUT2D eigenvalue weighted by atomic mass is 32.3. The summed E-state index contributed by atoms with van der Waals surface area (Å²) in [6.45, 7) is 0.523. The molecule has 2 atom stereocenters. The lowest BCUT2D eigenvalue weighted by atomic mass is 9.94. The first-order valence-corrected chi connectivity index (χ1v) is 13.3. The number of H-pyrrole nitrogens is 1. The van der Waals surface area contributed by atoms with Gasteiger partial charge in [-0.3, -0.25) is 13.9 Å². The van der Waals surface area contributed by atoms with E-state index in [1.54, 1.807) is 0 Å². The third kappa shape index (κ3) is 6.72. The second-order valence-electron chi connectivity index (χ2n) is 8.72. The van der Waals surface area contributed by atoms with Crippen molar-refractivity contribution in [2.75, 3.05) is 18.1 Å². The summed E-state index contributed by atoms with van der Waals surface area (Å²) in [4.78, 5) is 17.9. The summed E-state index contributed by atoms with van der Waals surface area (Å²) < 4.78 is 19.5. The molecule has 3 aromatic rings. The van der Waals surface area contributed by atoms with Gasteiger partial charge < -0.3 is 20.5 Å². The Labute approximate surface area is 205 Å². The standard InChI is InChI=1S/C26H29N3O5S/c30-15-22(13-24-25(31)26(32)29-17-28-24)21-9-7-19(8-10-21)2-1-18-3-5-20(6-4-18)14-27-23-11-12-35(33,34)16-23/h3-10,17,22-23,27,30-31,33-34H,11-16H2,(H,28,29,32)/t22-,23+/m0/s1. The minimum atomic E-state index is -2.39. The Bertz CT molecular complexity index is 1260. The van der Waals surface area contributed by atoms with Crippen LogP contribution in [0.15, 0.2) is 59.7 Å². The fourth-order valence-corrected chi connectivity index (χ4v) is 5.79. The molecular formula is C26H29N3O5S. The van der Waals surface area contributed by atoms with Gasteiger partial charge in [-0.05, 0) is 41.8 Å². The molecule has 9 heteroatoms. The topological polar surface area (TPSA) is 139 Å². The van der Waals surface area contributed by atoms with Crippen molar-refractivity contribution in [3.8, 4) is 17.6 Å². The van der Waals surface area contributed by atoms with E-state index in [4.69, 9.17) is 0 Å². The molecule has 1 aliphatic heterocycles. The molecule has 0 unspecified atom stereocenters. The maximum absolute atomic E-state index is 11.6. The van der Waals surface area contributed by atoms with Gasteiger partial charge in [-0.1, -0.05) is 36.1 Å². The normalized spacial score (nSPS) is 18.4. The molecule has 0 spiro atoms. The van der Waals surface area contributed by atoms with Crippen LogP contribution in [0.25, 0.3) is 0 Å². The van der Waals surface area contributed by atoms with Gasteiger partial charge in [0.1, 0.15) is 0 Å². The summed E-state index contributed by atoms with van der Waals surface area (Å²) in [5.41, 5.74) is 3.33. The van der Waals surface area contributed by atoms with Gasteiger partial charge in [0, 0.05) is 41.8 Å². The van der Waals surface area contributed by atoms with E-state index >= 15 is 0 Å². The maximum Gasteiger partial charge on any atom is 0.293 e. The van der Waals surface area contributed by atoms with Crippen molar-refractivity contribution < 1.29 is 19.3 Å². The lowest BCUT2D eigenvalue weighted by Gasteiger charge is -2.26. The quantitative estimate of drug-likeness (QED) is 0.277. The number of benzene rings is 2. The van der Waals surface area contributed by atoms with Gasteiger partial charge >= 0.3 is 0 Å². The Balaban J connectivity index is 1.34. The monoisotopic (exact) mass is 495 g/mol. The Morgan fingerprint density at radius 2 is 1.74 bits per heavy atom. The number of aliphatic hydroxyl groups excluding tert-OH is 1. The molecule has 8 nitrogen and oxygen atoms in total. The minimum absolute atomic E-state index is 0.144. The van der Waals surface area contributed by atoms with Crippen molar-refractivity contribution in [2.24, 2.45) is 0 Å². The van der Waals surface area contributed by atoms with E-state index in [2.05, 4.69) is 27.1 Å². The molecule has 1 aliphatic rings. The van der Waals surface area contributed by atoms with Crippen molar-refractivity contribution in [1.82, 2.24) is 15.3 Å². The van der Waals surface area contributed by atoms with E-state index in [0.29, 0.717) is 18.1 Å². The molecule has 4 rings (SSSR count). The van der Waals surface area contributed by atoms with Crippen LogP contribution in [-0.2, 0) is 13.0 Å². The van der Waals surface area contributed by atoms with Crippen LogP contribution in [0, 0.1) is 11.8 Å². The second-order valence-corrected chi connectivity index (χ2v) is 11.1. The first-order chi connectivity index (χ1) is 16.8. The number of aromatic hydroxyl groups is 1. The summed E-state index contributed by atoms with van der Waals surface area (Å²) in [6, 6.07) is 15.6. The van der Waals surface area contributed by atoms with Crippen LogP contribution in [0.1, 0.15) is 40.3 Å². The molecule has 2 heterocycles. The predicted molar refractivity (Wildman–Crippen MR) is 137 cm³/mol. The lowest BCUT2D eigenvalue weighted by Crippen LogP contribution is -2.28. The molecule has 6 N–H and O–H groups in total. The van der Waals surface area contributed by atoms with Crippen molar-refractivity contribution in [3.05, 3.63) is 93.2 Å². The fourth-order valence-electron chi connectivity index (χ4n) is 4.03. The molecule has 0 amide bonds. The second kappa shape index (κ2) is 11.1. The van der Waals surface area contributed by atoms with Gasteiger partial charge in [-0.2, -0.15) is 10.6 Å². The van der Waals surface area contributed by atoms with Crippen LogP contribution < -0.4 is 10.9 Å². The Morgan fingerprint density at radius 3 is 2.34 bits per heavy atom. The van der Waals surface area contributed by atoms with Crippen molar-refractivity contribution in [2.45, 2.75) is 31.3 Å². The maximum atomic E-state index is 11.6. The zero-order chi connectivity index (χ0) is 24.8. The summed E-state index contributed by atoms with van der Waals surface area (Å²) in [7, 11) is -2.39. The molecule has 184 valence electrons. The molecule has 1 saturated heterocycles. The molecule has 35 heavy (non-hydrogen) atoms. The highest BCUT2D eigenvalue weighted by Crippen LogP contribution is 2.45. The number of rotatable bonds is 7. The molecular weight excluding hydrogens is 466 g/mol. The summed E-state index contributed by atoms with van der Waals surface area (Å²) >= 11 is 0. The SMILES string of the molecule is O=c1[nH]cnc(C[C@@H](CO)c2ccc(C#Cc3ccc(CN[C@@H]4CCS(O)(O)C4)cc3)cc2)c1O. The molecule has 0 radical (unpaired) electrons. The van der Waals surface area contributed by atoms with E-state index < -0.39 is 21.9 Å². The summed E-state index contributed by atoms with van der Waals surface area (Å²) in [5.74, 6) is 6.46. The number of hydrogen-bond donors (Lipinski definition) is 6. The van der Waals surface area contributed by atoms with Gasteiger partial charge in [0.15, 0.2) is 0 Å². The smallest absolute Gasteiger partial charge is 0.293 e. The van der Waals surface area contributed by atoms with Gasteiger partial charge in [-0.25, -0.2) is 4.98 Å². The van der Waals surface area contributed by atoms with Crippen molar-refractivity contribution in [1.29, 1.82) is 0 Å². The van der Waals surface area contributed by atoms with Crippen LogP contribution in [0.5, 0.6) is 5.75 Å². The van der Waals surface area contributed by atoms with Gasteiger partial charge in [0.25, 0.3) is 5.56 Å². The minimum Gasteiger partial charge on any atom is -0.502 e. The van der Waals surface area contributed by atoms with Crippen molar-refractivity contribution >= 4 is 10.6 Å². The summed E-state index contributed by atoms with van der Waals surface area (Å²) in [6.07, 6.45) is 2.26. The van der Waals surface area contributed by atoms with Gasteiger partial charge in [0.05, 0.1) is 24.4 Å². The Morgan fingerprint density at radius 1 is 1.09 bits per heavy atom.